The fourth-order valence-corrected chi connectivity index (χ4v) is 3.15. The van der Waals surface area contributed by atoms with Crippen LogP contribution in [0.25, 0.3) is 11.0 Å². The number of para-hydroxylation sites is 1. The molecule has 172 valence electrons. The first-order valence-corrected chi connectivity index (χ1v) is 10.4. The Morgan fingerprint density at radius 2 is 1.56 bits per heavy atom. The third kappa shape index (κ3) is 6.01. The zero-order valence-corrected chi connectivity index (χ0v) is 18.3. The summed E-state index contributed by atoms with van der Waals surface area (Å²) in [6, 6.07) is 22.4. The smallest absolute Gasteiger partial charge is 0.344 e. The molecule has 3 aromatic carbocycles. The molecule has 0 unspecified atom stereocenters. The summed E-state index contributed by atoms with van der Waals surface area (Å²) < 4.78 is 21.2. The molecule has 8 nitrogen and oxygen atoms in total. The summed E-state index contributed by atoms with van der Waals surface area (Å²) >= 11 is 0. The standard InChI is InChI=1S/C26H21NO7/c1-17-13-25(29)34-23-14-21(11-12-22(17)23)31-16-26(30)32-15-24(28)27-18-7-9-20(10-8-18)33-19-5-3-2-4-6-19/h2-14H,15-16H2,1H3,(H,27,28). The number of rotatable bonds is 8. The number of aryl methyl sites for hydroxylation is 1. The number of hydrogen-bond donors (Lipinski definition) is 1. The van der Waals surface area contributed by atoms with Gasteiger partial charge in [-0.05, 0) is 61.0 Å². The van der Waals surface area contributed by atoms with Gasteiger partial charge in [-0.3, -0.25) is 4.79 Å². The molecule has 0 radical (unpaired) electrons. The number of carbonyl (C=O) groups is 2. The molecule has 0 aliphatic rings. The Hall–Kier alpha value is -4.59. The molecule has 34 heavy (non-hydrogen) atoms. The average Bonchev–Trinajstić information content (AvgIpc) is 2.83. The van der Waals surface area contributed by atoms with Gasteiger partial charge in [0.2, 0.25) is 0 Å². The summed E-state index contributed by atoms with van der Waals surface area (Å²) in [6.07, 6.45) is 0. The fourth-order valence-electron chi connectivity index (χ4n) is 3.15. The van der Waals surface area contributed by atoms with Crippen molar-refractivity contribution in [1.29, 1.82) is 0 Å². The third-order valence-electron chi connectivity index (χ3n) is 4.76. The van der Waals surface area contributed by atoms with Crippen molar-refractivity contribution in [2.45, 2.75) is 6.92 Å². The number of anilines is 1. The van der Waals surface area contributed by atoms with Crippen LogP contribution in [0.1, 0.15) is 5.56 Å². The molecule has 1 N–H and O–H groups in total. The normalized spacial score (nSPS) is 10.5. The van der Waals surface area contributed by atoms with Crippen LogP contribution in [0.4, 0.5) is 5.69 Å². The molecule has 8 heteroatoms. The molecule has 0 bridgehead atoms. The van der Waals surface area contributed by atoms with E-state index in [-0.39, 0.29) is 0 Å². The van der Waals surface area contributed by atoms with Gasteiger partial charge in [0.05, 0.1) is 0 Å². The van der Waals surface area contributed by atoms with Gasteiger partial charge in [-0.2, -0.15) is 0 Å². The summed E-state index contributed by atoms with van der Waals surface area (Å²) in [5, 5.41) is 3.41. The van der Waals surface area contributed by atoms with E-state index in [1.54, 1.807) is 43.3 Å². The van der Waals surface area contributed by atoms with Crippen molar-refractivity contribution >= 4 is 28.5 Å². The molecule has 1 heterocycles. The summed E-state index contributed by atoms with van der Waals surface area (Å²) in [5.41, 5.74) is 1.20. The van der Waals surface area contributed by atoms with E-state index in [4.69, 9.17) is 18.6 Å². The van der Waals surface area contributed by atoms with E-state index in [9.17, 15) is 14.4 Å². The molecule has 0 aliphatic heterocycles. The van der Waals surface area contributed by atoms with E-state index in [2.05, 4.69) is 5.32 Å². The van der Waals surface area contributed by atoms with Crippen LogP contribution >= 0.6 is 0 Å². The molecular formula is C26H21NO7. The Morgan fingerprint density at radius 1 is 0.853 bits per heavy atom. The second-order valence-corrected chi connectivity index (χ2v) is 7.34. The van der Waals surface area contributed by atoms with Gasteiger partial charge >= 0.3 is 11.6 Å². The highest BCUT2D eigenvalue weighted by Gasteiger charge is 2.10. The van der Waals surface area contributed by atoms with Crippen LogP contribution in [-0.4, -0.2) is 25.1 Å². The van der Waals surface area contributed by atoms with Gasteiger partial charge in [0.15, 0.2) is 13.2 Å². The zero-order valence-electron chi connectivity index (χ0n) is 18.3. The van der Waals surface area contributed by atoms with Crippen LogP contribution in [0.15, 0.2) is 88.1 Å². The van der Waals surface area contributed by atoms with E-state index in [0.717, 1.165) is 10.9 Å². The highest BCUT2D eigenvalue weighted by Crippen LogP contribution is 2.23. The minimum Gasteiger partial charge on any atom is -0.482 e. The van der Waals surface area contributed by atoms with Gasteiger partial charge in [0.1, 0.15) is 22.8 Å². The second-order valence-electron chi connectivity index (χ2n) is 7.34. The summed E-state index contributed by atoms with van der Waals surface area (Å²) in [5.74, 6) is 0.453. The van der Waals surface area contributed by atoms with Gasteiger partial charge in [0.25, 0.3) is 5.91 Å². The minimum atomic E-state index is -0.715. The van der Waals surface area contributed by atoms with Gasteiger partial charge in [-0.1, -0.05) is 18.2 Å². The molecule has 0 atom stereocenters. The number of ether oxygens (including phenoxy) is 3. The first-order chi connectivity index (χ1) is 16.5. The Labute approximate surface area is 194 Å². The van der Waals surface area contributed by atoms with Crippen molar-refractivity contribution in [3.05, 3.63) is 94.8 Å². The van der Waals surface area contributed by atoms with Crippen molar-refractivity contribution in [2.24, 2.45) is 0 Å². The van der Waals surface area contributed by atoms with E-state index in [1.807, 2.05) is 30.3 Å². The molecule has 0 spiro atoms. The van der Waals surface area contributed by atoms with Gasteiger partial charge in [-0.25, -0.2) is 9.59 Å². The molecule has 0 saturated carbocycles. The maximum Gasteiger partial charge on any atom is 0.344 e. The topological polar surface area (TPSA) is 104 Å². The average molecular weight is 459 g/mol. The Morgan fingerprint density at radius 3 is 2.32 bits per heavy atom. The molecule has 0 fully saturated rings. The Kier molecular flexibility index (Phi) is 6.88. The van der Waals surface area contributed by atoms with Crippen molar-refractivity contribution < 1.29 is 28.2 Å². The van der Waals surface area contributed by atoms with E-state index in [0.29, 0.717) is 28.5 Å². The maximum atomic E-state index is 12.1. The van der Waals surface area contributed by atoms with Crippen LogP contribution < -0.4 is 20.4 Å². The highest BCUT2D eigenvalue weighted by atomic mass is 16.6. The molecule has 1 aromatic heterocycles. The lowest BCUT2D eigenvalue weighted by Gasteiger charge is -2.09. The van der Waals surface area contributed by atoms with Gasteiger partial charge in [-0.15, -0.1) is 0 Å². The van der Waals surface area contributed by atoms with Gasteiger partial charge in [0, 0.05) is 23.2 Å². The number of nitrogens with one attached hydrogen (secondary N) is 1. The van der Waals surface area contributed by atoms with Crippen molar-refractivity contribution in [3.8, 4) is 17.2 Å². The first kappa shape index (κ1) is 22.6. The number of amides is 1. The van der Waals surface area contributed by atoms with Crippen LogP contribution in [0, 0.1) is 6.92 Å². The lowest BCUT2D eigenvalue weighted by atomic mass is 10.1. The molecule has 0 aliphatic carbocycles. The predicted octanol–water partition coefficient (Wildman–Crippen LogP) is 4.45. The van der Waals surface area contributed by atoms with Crippen molar-refractivity contribution in [3.63, 3.8) is 0 Å². The monoisotopic (exact) mass is 459 g/mol. The Bertz CT molecular complexity index is 1360. The molecule has 1 amide bonds. The zero-order chi connectivity index (χ0) is 23.9. The Balaban J connectivity index is 1.23. The quantitative estimate of drug-likeness (QED) is 0.307. The first-order valence-electron chi connectivity index (χ1n) is 10.4. The summed E-state index contributed by atoms with van der Waals surface area (Å²) in [4.78, 5) is 35.5. The molecule has 4 aromatic rings. The van der Waals surface area contributed by atoms with E-state index >= 15 is 0 Å². The molecular weight excluding hydrogens is 438 g/mol. The number of fused-ring (bicyclic) bond motifs is 1. The SMILES string of the molecule is Cc1cc(=O)oc2cc(OCC(=O)OCC(=O)Nc3ccc(Oc4ccccc4)cc3)ccc12. The molecule has 4 rings (SSSR count). The highest BCUT2D eigenvalue weighted by molar-refractivity contribution is 5.92. The van der Waals surface area contributed by atoms with Crippen molar-refractivity contribution in [1.82, 2.24) is 0 Å². The summed E-state index contributed by atoms with van der Waals surface area (Å²) in [7, 11) is 0. The second kappa shape index (κ2) is 10.4. The fraction of sp³-hybridized carbons (Fsp3) is 0.115. The number of carbonyl (C=O) groups excluding carboxylic acids is 2. The maximum absolute atomic E-state index is 12.1. The van der Waals surface area contributed by atoms with Gasteiger partial charge < -0.3 is 23.9 Å². The summed E-state index contributed by atoms with van der Waals surface area (Å²) in [6.45, 7) is 0.936. The minimum absolute atomic E-state index is 0.334. The molecule has 0 saturated heterocycles. The van der Waals surface area contributed by atoms with E-state index < -0.39 is 30.7 Å². The van der Waals surface area contributed by atoms with Crippen LogP contribution in [0.5, 0.6) is 17.2 Å². The lowest BCUT2D eigenvalue weighted by molar-refractivity contribution is -0.149. The third-order valence-corrected chi connectivity index (χ3v) is 4.76. The number of hydrogen-bond acceptors (Lipinski definition) is 7. The lowest BCUT2D eigenvalue weighted by Crippen LogP contribution is -2.23. The largest absolute Gasteiger partial charge is 0.482 e. The van der Waals surface area contributed by atoms with Crippen LogP contribution in [0.2, 0.25) is 0 Å². The number of esters is 1. The van der Waals surface area contributed by atoms with Crippen LogP contribution in [-0.2, 0) is 14.3 Å². The van der Waals surface area contributed by atoms with Crippen molar-refractivity contribution in [2.75, 3.05) is 18.5 Å². The van der Waals surface area contributed by atoms with Crippen LogP contribution in [0.3, 0.4) is 0 Å². The predicted molar refractivity (Wildman–Crippen MR) is 125 cm³/mol. The number of benzene rings is 3. The van der Waals surface area contributed by atoms with E-state index in [1.165, 1.54) is 12.1 Å².